The maximum absolute atomic E-state index is 11.3. The van der Waals surface area contributed by atoms with Crippen molar-refractivity contribution >= 4 is 5.91 Å². The first-order valence-electron chi connectivity index (χ1n) is 8.38. The number of hydrogen-bond acceptors (Lipinski definition) is 2. The zero-order valence-corrected chi connectivity index (χ0v) is 14.5. The van der Waals surface area contributed by atoms with E-state index in [-0.39, 0.29) is 12.5 Å². The SMILES string of the molecule is C1CCCC1.C=C(C)NCC(=O)NCc1ccccc1.CC. The highest BCUT2D eigenvalue weighted by Crippen LogP contribution is 2.15. The van der Waals surface area contributed by atoms with Crippen LogP contribution in [0, 0.1) is 0 Å². The summed E-state index contributed by atoms with van der Waals surface area (Å²) in [6.45, 7) is 10.3. The van der Waals surface area contributed by atoms with E-state index in [0.29, 0.717) is 6.54 Å². The van der Waals surface area contributed by atoms with Crippen molar-refractivity contribution in [1.82, 2.24) is 10.6 Å². The van der Waals surface area contributed by atoms with Crippen molar-refractivity contribution < 1.29 is 4.79 Å². The molecule has 1 aromatic rings. The van der Waals surface area contributed by atoms with Gasteiger partial charge in [0, 0.05) is 12.2 Å². The van der Waals surface area contributed by atoms with E-state index in [1.165, 1.54) is 32.1 Å². The first-order chi connectivity index (χ1) is 10.7. The number of rotatable bonds is 5. The molecule has 1 amide bonds. The third-order valence-electron chi connectivity index (χ3n) is 3.13. The third kappa shape index (κ3) is 12.0. The molecule has 0 atom stereocenters. The van der Waals surface area contributed by atoms with Gasteiger partial charge in [-0.25, -0.2) is 0 Å². The van der Waals surface area contributed by atoms with E-state index in [4.69, 9.17) is 0 Å². The van der Waals surface area contributed by atoms with Crippen molar-refractivity contribution in [2.45, 2.75) is 59.4 Å². The van der Waals surface area contributed by atoms with Gasteiger partial charge in [-0.1, -0.05) is 82.9 Å². The molecule has 1 fully saturated rings. The summed E-state index contributed by atoms with van der Waals surface area (Å²) < 4.78 is 0. The molecular formula is C19H32N2O. The van der Waals surface area contributed by atoms with Crippen LogP contribution in [0.15, 0.2) is 42.6 Å². The van der Waals surface area contributed by atoms with Crippen LogP contribution in [0.3, 0.4) is 0 Å². The van der Waals surface area contributed by atoms with Gasteiger partial charge in [-0.2, -0.15) is 0 Å². The fourth-order valence-corrected chi connectivity index (χ4v) is 1.97. The molecule has 22 heavy (non-hydrogen) atoms. The van der Waals surface area contributed by atoms with Gasteiger partial charge in [0.15, 0.2) is 0 Å². The Morgan fingerprint density at radius 1 is 1.00 bits per heavy atom. The third-order valence-corrected chi connectivity index (χ3v) is 3.13. The molecule has 0 spiro atoms. The minimum Gasteiger partial charge on any atom is -0.380 e. The smallest absolute Gasteiger partial charge is 0.239 e. The van der Waals surface area contributed by atoms with E-state index >= 15 is 0 Å². The van der Waals surface area contributed by atoms with Crippen molar-refractivity contribution in [3.63, 3.8) is 0 Å². The number of hydrogen-bond donors (Lipinski definition) is 2. The number of nitrogens with one attached hydrogen (secondary N) is 2. The molecule has 1 aliphatic rings. The summed E-state index contributed by atoms with van der Waals surface area (Å²) in [6.07, 6.45) is 7.50. The molecule has 0 saturated heterocycles. The molecule has 3 heteroatoms. The van der Waals surface area contributed by atoms with Crippen LogP contribution in [0.2, 0.25) is 0 Å². The molecule has 0 radical (unpaired) electrons. The van der Waals surface area contributed by atoms with Gasteiger partial charge < -0.3 is 10.6 Å². The highest BCUT2D eigenvalue weighted by atomic mass is 16.1. The van der Waals surface area contributed by atoms with Crippen LogP contribution in [-0.2, 0) is 11.3 Å². The van der Waals surface area contributed by atoms with Crippen LogP contribution in [0.25, 0.3) is 0 Å². The molecular weight excluding hydrogens is 272 g/mol. The summed E-state index contributed by atoms with van der Waals surface area (Å²) in [5, 5.41) is 5.69. The fraction of sp³-hybridized carbons (Fsp3) is 0.526. The Labute approximate surface area is 136 Å². The summed E-state index contributed by atoms with van der Waals surface area (Å²) in [6, 6.07) is 9.81. The Hall–Kier alpha value is -1.77. The predicted molar refractivity (Wildman–Crippen MR) is 95.5 cm³/mol. The van der Waals surface area contributed by atoms with E-state index in [2.05, 4.69) is 17.2 Å². The highest BCUT2D eigenvalue weighted by Gasteiger charge is 1.99. The largest absolute Gasteiger partial charge is 0.380 e. The molecule has 1 aliphatic carbocycles. The lowest BCUT2D eigenvalue weighted by Gasteiger charge is -2.06. The molecule has 1 aromatic carbocycles. The van der Waals surface area contributed by atoms with Crippen LogP contribution in [-0.4, -0.2) is 12.5 Å². The molecule has 0 unspecified atom stereocenters. The lowest BCUT2D eigenvalue weighted by atomic mass is 10.2. The Morgan fingerprint density at radius 2 is 1.50 bits per heavy atom. The van der Waals surface area contributed by atoms with Crippen LogP contribution in [0.4, 0.5) is 0 Å². The molecule has 3 nitrogen and oxygen atoms in total. The lowest BCUT2D eigenvalue weighted by Crippen LogP contribution is -2.32. The minimum atomic E-state index is -0.0261. The van der Waals surface area contributed by atoms with Crippen molar-refractivity contribution in [2.24, 2.45) is 0 Å². The zero-order chi connectivity index (χ0) is 16.6. The van der Waals surface area contributed by atoms with Crippen LogP contribution in [0.1, 0.15) is 58.4 Å². The maximum atomic E-state index is 11.3. The molecule has 2 N–H and O–H groups in total. The molecule has 0 bridgehead atoms. The predicted octanol–water partition coefficient (Wildman–Crippen LogP) is 4.40. The topological polar surface area (TPSA) is 41.1 Å². The highest BCUT2D eigenvalue weighted by molar-refractivity contribution is 5.78. The van der Waals surface area contributed by atoms with Gasteiger partial charge in [-0.3, -0.25) is 4.79 Å². The quantitative estimate of drug-likeness (QED) is 0.846. The van der Waals surface area contributed by atoms with E-state index in [0.717, 1.165) is 11.3 Å². The monoisotopic (exact) mass is 304 g/mol. The average Bonchev–Trinajstić information content (AvgIpc) is 3.13. The Balaban J connectivity index is 0.000000522. The van der Waals surface area contributed by atoms with Gasteiger partial charge in [0.25, 0.3) is 0 Å². The van der Waals surface area contributed by atoms with Gasteiger partial charge in [0.05, 0.1) is 6.54 Å². The second-order valence-electron chi connectivity index (χ2n) is 5.16. The molecule has 2 rings (SSSR count). The van der Waals surface area contributed by atoms with Gasteiger partial charge in [0.2, 0.25) is 5.91 Å². The summed E-state index contributed by atoms with van der Waals surface area (Å²) in [5.74, 6) is -0.0261. The average molecular weight is 304 g/mol. The van der Waals surface area contributed by atoms with Crippen molar-refractivity contribution in [1.29, 1.82) is 0 Å². The molecule has 0 aliphatic heterocycles. The van der Waals surface area contributed by atoms with Crippen molar-refractivity contribution in [3.8, 4) is 0 Å². The number of benzene rings is 1. The second-order valence-corrected chi connectivity index (χ2v) is 5.16. The number of carbonyl (C=O) groups is 1. The molecule has 124 valence electrons. The molecule has 1 saturated carbocycles. The number of amides is 1. The Bertz CT molecular complexity index is 390. The normalized spacial score (nSPS) is 12.1. The fourth-order valence-electron chi connectivity index (χ4n) is 1.97. The van der Waals surface area contributed by atoms with Crippen LogP contribution >= 0.6 is 0 Å². The van der Waals surface area contributed by atoms with Crippen LogP contribution in [0.5, 0.6) is 0 Å². The Kier molecular flexibility index (Phi) is 13.0. The number of allylic oxidation sites excluding steroid dienone is 1. The standard InChI is InChI=1S/C12H16N2O.C5H10.C2H6/c1-10(2)13-9-12(15)14-8-11-6-4-3-5-7-11;1-2-4-5-3-1;1-2/h3-7,13H,1,8-9H2,2H3,(H,14,15);1-5H2;1-2H3. The summed E-state index contributed by atoms with van der Waals surface area (Å²) in [4.78, 5) is 11.3. The van der Waals surface area contributed by atoms with E-state index in [9.17, 15) is 4.79 Å². The van der Waals surface area contributed by atoms with Crippen molar-refractivity contribution in [3.05, 3.63) is 48.2 Å². The van der Waals surface area contributed by atoms with Gasteiger partial charge in [0.1, 0.15) is 0 Å². The number of carbonyl (C=O) groups excluding carboxylic acids is 1. The van der Waals surface area contributed by atoms with E-state index < -0.39 is 0 Å². The summed E-state index contributed by atoms with van der Waals surface area (Å²) in [5.41, 5.74) is 1.89. The zero-order valence-electron chi connectivity index (χ0n) is 14.5. The van der Waals surface area contributed by atoms with E-state index in [1.54, 1.807) is 0 Å². The maximum Gasteiger partial charge on any atom is 0.239 e. The summed E-state index contributed by atoms with van der Waals surface area (Å²) in [7, 11) is 0. The van der Waals surface area contributed by atoms with Gasteiger partial charge in [-0.05, 0) is 12.5 Å². The second kappa shape index (κ2) is 14.2. The Morgan fingerprint density at radius 3 is 1.95 bits per heavy atom. The molecule has 0 heterocycles. The first-order valence-corrected chi connectivity index (χ1v) is 8.38. The van der Waals surface area contributed by atoms with Crippen molar-refractivity contribution in [2.75, 3.05) is 6.54 Å². The lowest BCUT2D eigenvalue weighted by molar-refractivity contribution is -0.120. The van der Waals surface area contributed by atoms with Crippen LogP contribution < -0.4 is 10.6 Å². The van der Waals surface area contributed by atoms with E-state index in [1.807, 2.05) is 51.1 Å². The molecule has 0 aromatic heterocycles. The van der Waals surface area contributed by atoms with Gasteiger partial charge >= 0.3 is 0 Å². The van der Waals surface area contributed by atoms with Gasteiger partial charge in [-0.15, -0.1) is 0 Å². The minimum absolute atomic E-state index is 0.0261. The first kappa shape index (κ1) is 20.2. The summed E-state index contributed by atoms with van der Waals surface area (Å²) >= 11 is 0.